The van der Waals surface area contributed by atoms with E-state index in [2.05, 4.69) is 43.5 Å². The number of esters is 1. The number of hydrogen-bond acceptors (Lipinski definition) is 5. The van der Waals surface area contributed by atoms with Gasteiger partial charge in [0.25, 0.3) is 0 Å². The highest BCUT2D eigenvalue weighted by Crippen LogP contribution is 2.19. The molecule has 2 atom stereocenters. The molecule has 0 bridgehead atoms. The van der Waals surface area contributed by atoms with E-state index >= 15 is 0 Å². The van der Waals surface area contributed by atoms with Crippen molar-refractivity contribution >= 4 is 11.9 Å². The van der Waals surface area contributed by atoms with Gasteiger partial charge in [0.1, 0.15) is 0 Å². The summed E-state index contributed by atoms with van der Waals surface area (Å²) in [6.45, 7) is 4.91. The van der Waals surface area contributed by atoms with Gasteiger partial charge in [-0.15, -0.1) is 0 Å². The number of hydrogen-bond donors (Lipinski definition) is 3. The highest BCUT2D eigenvalue weighted by molar-refractivity contribution is 5.76. The fraction of sp³-hybridized carbons (Fsp3) is 0.909. The van der Waals surface area contributed by atoms with Crippen LogP contribution in [0.3, 0.4) is 0 Å². The Morgan fingerprint density at radius 2 is 0.722 bits per heavy atom. The molecule has 0 rings (SSSR count). The molecule has 6 nitrogen and oxygen atoms in total. The summed E-state index contributed by atoms with van der Waals surface area (Å²) < 4.78 is 5.47. The third kappa shape index (κ3) is 57.6. The first-order valence-corrected chi connectivity index (χ1v) is 32.6. The van der Waals surface area contributed by atoms with Gasteiger partial charge in [0.2, 0.25) is 5.91 Å². The minimum atomic E-state index is -0.662. The molecule has 426 valence electrons. The minimum absolute atomic E-state index is 0.00305. The Bertz CT molecular complexity index is 1120. The molecule has 0 aliphatic rings. The number of allylic oxidation sites excluding steroid dienone is 4. The van der Waals surface area contributed by atoms with Gasteiger partial charge in [-0.05, 0) is 51.4 Å². The van der Waals surface area contributed by atoms with Gasteiger partial charge in [0.15, 0.2) is 0 Å². The van der Waals surface area contributed by atoms with Crippen LogP contribution in [0.2, 0.25) is 0 Å². The van der Waals surface area contributed by atoms with Crippen molar-refractivity contribution < 1.29 is 24.5 Å². The number of carbonyl (C=O) groups excluding carboxylic acids is 2. The minimum Gasteiger partial charge on any atom is -0.466 e. The number of carbonyl (C=O) groups is 2. The Kier molecular flexibility index (Phi) is 60.5. The Morgan fingerprint density at radius 1 is 0.389 bits per heavy atom. The molecule has 0 aliphatic carbocycles. The first-order chi connectivity index (χ1) is 35.5. The van der Waals surface area contributed by atoms with Crippen molar-refractivity contribution in [3.63, 3.8) is 0 Å². The van der Waals surface area contributed by atoms with Gasteiger partial charge in [-0.25, -0.2) is 0 Å². The SMILES string of the molecule is CCC/C=C\C/C=C\CCCCCCCC(=O)OCCCCCCCCCCCCCCCCCCCCCCCCCCCCCC(=O)NC(CO)C(O)CCCCCCCCCCCCCCCCC. The number of nitrogens with one attached hydrogen (secondary N) is 1. The maximum atomic E-state index is 12.5. The van der Waals surface area contributed by atoms with Crippen molar-refractivity contribution in [2.24, 2.45) is 0 Å². The molecule has 0 heterocycles. The molecule has 0 fully saturated rings. The summed E-state index contributed by atoms with van der Waals surface area (Å²) in [5.74, 6) is -0.0269. The number of rotatable bonds is 61. The Morgan fingerprint density at radius 3 is 1.11 bits per heavy atom. The Balaban J connectivity index is 3.34. The molecule has 0 aromatic rings. The number of unbranched alkanes of at least 4 members (excludes halogenated alkanes) is 46. The van der Waals surface area contributed by atoms with Gasteiger partial charge in [-0.2, -0.15) is 0 Å². The maximum Gasteiger partial charge on any atom is 0.305 e. The van der Waals surface area contributed by atoms with Crippen LogP contribution in [-0.2, 0) is 14.3 Å². The predicted molar refractivity (Wildman–Crippen MR) is 315 cm³/mol. The monoisotopic (exact) mass is 1010 g/mol. The van der Waals surface area contributed by atoms with Crippen LogP contribution in [0.1, 0.15) is 361 Å². The van der Waals surface area contributed by atoms with Crippen molar-refractivity contribution in [3.05, 3.63) is 24.3 Å². The number of aliphatic hydroxyl groups is 2. The summed E-state index contributed by atoms with van der Waals surface area (Å²) >= 11 is 0. The summed E-state index contributed by atoms with van der Waals surface area (Å²) in [4.78, 5) is 24.5. The fourth-order valence-corrected chi connectivity index (χ4v) is 10.3. The van der Waals surface area contributed by atoms with Gasteiger partial charge >= 0.3 is 5.97 Å². The molecule has 0 saturated carbocycles. The summed E-state index contributed by atoms with van der Waals surface area (Å²) in [6, 6.07) is -0.539. The standard InChI is InChI=1S/C66H127NO5/c1-3-5-7-9-11-13-15-17-31-35-38-42-46-50-54-58-64(69)63(62-68)67-65(70)59-55-51-47-43-39-36-32-29-27-25-23-21-19-18-20-22-24-26-28-30-33-37-41-45-49-53-57-61-72-66(71)60-56-52-48-44-40-34-16-14-12-10-8-6-4-2/h8,10,14,16,63-64,68-69H,3-7,9,11-13,15,17-62H2,1-2H3,(H,67,70)/b10-8-,16-14-. The van der Waals surface area contributed by atoms with Crippen molar-refractivity contribution in [2.45, 2.75) is 373 Å². The molecule has 0 aromatic carbocycles. The number of ether oxygens (including phenoxy) is 1. The quantitative estimate of drug-likeness (QED) is 0.0320. The van der Waals surface area contributed by atoms with E-state index < -0.39 is 12.1 Å². The lowest BCUT2D eigenvalue weighted by molar-refractivity contribution is -0.143. The number of amides is 1. The largest absolute Gasteiger partial charge is 0.466 e. The van der Waals surface area contributed by atoms with Gasteiger partial charge in [-0.3, -0.25) is 9.59 Å². The lowest BCUT2D eigenvalue weighted by Crippen LogP contribution is -2.45. The van der Waals surface area contributed by atoms with Gasteiger partial charge in [-0.1, -0.05) is 321 Å². The first kappa shape index (κ1) is 70.3. The van der Waals surface area contributed by atoms with E-state index in [1.54, 1.807) is 0 Å². The molecule has 0 aliphatic heterocycles. The highest BCUT2D eigenvalue weighted by Gasteiger charge is 2.20. The number of aliphatic hydroxyl groups excluding tert-OH is 2. The van der Waals surface area contributed by atoms with E-state index in [1.807, 2.05) is 0 Å². The van der Waals surface area contributed by atoms with Crippen LogP contribution in [0, 0.1) is 0 Å². The first-order valence-electron chi connectivity index (χ1n) is 32.6. The van der Waals surface area contributed by atoms with Crippen molar-refractivity contribution in [1.29, 1.82) is 0 Å². The van der Waals surface area contributed by atoms with E-state index in [-0.39, 0.29) is 18.5 Å². The maximum absolute atomic E-state index is 12.5. The molecule has 3 N–H and O–H groups in total. The third-order valence-electron chi connectivity index (χ3n) is 15.2. The molecule has 72 heavy (non-hydrogen) atoms. The average molecular weight is 1010 g/mol. The van der Waals surface area contributed by atoms with E-state index in [1.165, 1.54) is 276 Å². The molecule has 1 amide bonds. The molecule has 0 saturated heterocycles. The Hall–Kier alpha value is -1.66. The van der Waals surface area contributed by atoms with Crippen molar-refractivity contribution in [3.8, 4) is 0 Å². The normalized spacial score (nSPS) is 12.7. The zero-order valence-corrected chi connectivity index (χ0v) is 48.7. The summed E-state index contributed by atoms with van der Waals surface area (Å²) in [7, 11) is 0. The molecule has 6 heteroatoms. The van der Waals surface area contributed by atoms with E-state index in [4.69, 9.17) is 4.74 Å². The molecule has 0 radical (unpaired) electrons. The molecule has 2 unspecified atom stereocenters. The van der Waals surface area contributed by atoms with Crippen LogP contribution < -0.4 is 5.32 Å². The topological polar surface area (TPSA) is 95.9 Å². The van der Waals surface area contributed by atoms with Crippen LogP contribution in [0.15, 0.2) is 24.3 Å². The smallest absolute Gasteiger partial charge is 0.305 e. The second kappa shape index (κ2) is 61.9. The average Bonchev–Trinajstić information content (AvgIpc) is 3.38. The zero-order valence-electron chi connectivity index (χ0n) is 48.7. The zero-order chi connectivity index (χ0) is 52.2. The molecule has 0 spiro atoms. The molecular weight excluding hydrogens is 887 g/mol. The second-order valence-corrected chi connectivity index (χ2v) is 22.5. The van der Waals surface area contributed by atoms with Crippen molar-refractivity contribution in [1.82, 2.24) is 5.32 Å². The van der Waals surface area contributed by atoms with Crippen LogP contribution >= 0.6 is 0 Å². The Labute approximate surface area is 450 Å². The van der Waals surface area contributed by atoms with Gasteiger partial charge in [0.05, 0.1) is 25.4 Å². The lowest BCUT2D eigenvalue weighted by atomic mass is 10.0. The molecular formula is C66H127NO5. The van der Waals surface area contributed by atoms with Crippen molar-refractivity contribution in [2.75, 3.05) is 13.2 Å². The van der Waals surface area contributed by atoms with Crippen LogP contribution in [0.5, 0.6) is 0 Å². The summed E-state index contributed by atoms with van der Waals surface area (Å²) in [6.07, 6.45) is 76.3. The van der Waals surface area contributed by atoms with E-state index in [0.717, 1.165) is 51.4 Å². The van der Waals surface area contributed by atoms with E-state index in [9.17, 15) is 19.8 Å². The summed E-state index contributed by atoms with van der Waals surface area (Å²) in [5, 5.41) is 23.3. The molecule has 0 aromatic heterocycles. The summed E-state index contributed by atoms with van der Waals surface area (Å²) in [5.41, 5.74) is 0. The third-order valence-corrected chi connectivity index (χ3v) is 15.2. The fourth-order valence-electron chi connectivity index (χ4n) is 10.3. The van der Waals surface area contributed by atoms with E-state index in [0.29, 0.717) is 25.9 Å². The van der Waals surface area contributed by atoms with Crippen LogP contribution in [0.25, 0.3) is 0 Å². The second-order valence-electron chi connectivity index (χ2n) is 22.5. The van der Waals surface area contributed by atoms with Crippen LogP contribution in [0.4, 0.5) is 0 Å². The lowest BCUT2D eigenvalue weighted by Gasteiger charge is -2.22. The van der Waals surface area contributed by atoms with Gasteiger partial charge in [0, 0.05) is 12.8 Å². The van der Waals surface area contributed by atoms with Crippen LogP contribution in [-0.4, -0.2) is 47.4 Å². The highest BCUT2D eigenvalue weighted by atomic mass is 16.5. The van der Waals surface area contributed by atoms with Gasteiger partial charge < -0.3 is 20.3 Å². The predicted octanol–water partition coefficient (Wildman–Crippen LogP) is 20.6.